The third-order valence-electron chi connectivity index (χ3n) is 5.77. The minimum absolute atomic E-state index is 0.641. The molecule has 18 heavy (non-hydrogen) atoms. The molecule has 0 aromatic carbocycles. The molecule has 0 N–H and O–H groups in total. The Morgan fingerprint density at radius 2 is 1.61 bits per heavy atom. The first kappa shape index (κ1) is 14.2. The Morgan fingerprint density at radius 3 is 2.17 bits per heavy atom. The van der Waals surface area contributed by atoms with Crippen molar-refractivity contribution in [3.63, 3.8) is 0 Å². The zero-order chi connectivity index (χ0) is 12.8. The molecule has 0 radical (unpaired) electrons. The van der Waals surface area contributed by atoms with E-state index in [-0.39, 0.29) is 0 Å². The van der Waals surface area contributed by atoms with E-state index < -0.39 is 0 Å². The zero-order valence-corrected chi connectivity index (χ0v) is 12.4. The molecule has 0 heterocycles. The Balaban J connectivity index is 1.86. The summed E-state index contributed by atoms with van der Waals surface area (Å²) in [6, 6.07) is 0. The van der Waals surface area contributed by atoms with E-state index >= 15 is 0 Å². The van der Waals surface area contributed by atoms with Crippen molar-refractivity contribution >= 4 is 0 Å². The molecule has 2 rings (SSSR count). The molecule has 0 aliphatic heterocycles. The normalized spacial score (nSPS) is 34.4. The second-order valence-electron chi connectivity index (χ2n) is 6.98. The third kappa shape index (κ3) is 3.39. The van der Waals surface area contributed by atoms with Gasteiger partial charge >= 0.3 is 0 Å². The first-order valence-corrected chi connectivity index (χ1v) is 8.40. The summed E-state index contributed by atoms with van der Waals surface area (Å²) in [5, 5.41) is 0. The van der Waals surface area contributed by atoms with Gasteiger partial charge in [0, 0.05) is 0 Å². The maximum absolute atomic E-state index is 3.99. The Kier molecular flexibility index (Phi) is 5.33. The van der Waals surface area contributed by atoms with E-state index in [1.54, 1.807) is 0 Å². The van der Waals surface area contributed by atoms with E-state index in [1.807, 2.05) is 0 Å². The molecule has 2 saturated carbocycles. The van der Waals surface area contributed by atoms with Crippen LogP contribution in [0.2, 0.25) is 0 Å². The predicted molar refractivity (Wildman–Crippen MR) is 80.7 cm³/mol. The molecule has 104 valence electrons. The smallest absolute Gasteiger partial charge is 0.0263 e. The molecular weight excluding hydrogens is 216 g/mol. The van der Waals surface area contributed by atoms with Gasteiger partial charge in [-0.15, -0.1) is 6.58 Å². The molecule has 0 atom stereocenters. The van der Waals surface area contributed by atoms with Crippen LogP contribution in [-0.4, -0.2) is 0 Å². The molecule has 0 unspecified atom stereocenters. The van der Waals surface area contributed by atoms with Crippen LogP contribution in [-0.2, 0) is 0 Å². The summed E-state index contributed by atoms with van der Waals surface area (Å²) < 4.78 is 0. The SMILES string of the molecule is C=CCC1(CCC)CCC(C2CCCCC2)CC1. The fourth-order valence-corrected chi connectivity index (χ4v) is 4.72. The molecule has 0 bridgehead atoms. The summed E-state index contributed by atoms with van der Waals surface area (Å²) in [7, 11) is 0. The molecule has 2 fully saturated rings. The van der Waals surface area contributed by atoms with Crippen LogP contribution >= 0.6 is 0 Å². The summed E-state index contributed by atoms with van der Waals surface area (Å²) in [5.74, 6) is 2.15. The highest BCUT2D eigenvalue weighted by Gasteiger charge is 2.36. The quantitative estimate of drug-likeness (QED) is 0.514. The lowest BCUT2D eigenvalue weighted by Gasteiger charge is -2.43. The number of hydrogen-bond donors (Lipinski definition) is 0. The monoisotopic (exact) mass is 248 g/mol. The molecule has 0 spiro atoms. The van der Waals surface area contributed by atoms with Crippen molar-refractivity contribution in [1.82, 2.24) is 0 Å². The van der Waals surface area contributed by atoms with E-state index in [9.17, 15) is 0 Å². The average molecular weight is 248 g/mol. The lowest BCUT2D eigenvalue weighted by Crippen LogP contribution is -2.30. The van der Waals surface area contributed by atoms with Crippen LogP contribution in [0.4, 0.5) is 0 Å². The lowest BCUT2D eigenvalue weighted by atomic mass is 9.63. The molecule has 0 aromatic heterocycles. The summed E-state index contributed by atoms with van der Waals surface area (Å²) >= 11 is 0. The standard InChI is InChI=1S/C18H32/c1-3-12-18(13-4-2)14-10-17(11-15-18)16-8-6-5-7-9-16/h3,16-17H,1,4-15H2,2H3. The average Bonchev–Trinajstić information content (AvgIpc) is 2.41. The van der Waals surface area contributed by atoms with Gasteiger partial charge in [0.15, 0.2) is 0 Å². The topological polar surface area (TPSA) is 0 Å². The van der Waals surface area contributed by atoms with Crippen molar-refractivity contribution in [3.05, 3.63) is 12.7 Å². The fraction of sp³-hybridized carbons (Fsp3) is 0.889. The molecule has 0 heteroatoms. The van der Waals surface area contributed by atoms with Crippen LogP contribution in [0.3, 0.4) is 0 Å². The van der Waals surface area contributed by atoms with Crippen molar-refractivity contribution in [3.8, 4) is 0 Å². The first-order chi connectivity index (χ1) is 8.79. The highest BCUT2D eigenvalue weighted by Crippen LogP contribution is 2.48. The summed E-state index contributed by atoms with van der Waals surface area (Å²) in [6.45, 7) is 6.34. The third-order valence-corrected chi connectivity index (χ3v) is 5.77. The second kappa shape index (κ2) is 6.78. The minimum atomic E-state index is 0.641. The van der Waals surface area contributed by atoms with Crippen molar-refractivity contribution in [2.75, 3.05) is 0 Å². The maximum Gasteiger partial charge on any atom is -0.0263 e. The van der Waals surface area contributed by atoms with Crippen molar-refractivity contribution < 1.29 is 0 Å². The summed E-state index contributed by atoms with van der Waals surface area (Å²) in [6.07, 6.45) is 19.8. The van der Waals surface area contributed by atoms with Gasteiger partial charge in [-0.2, -0.15) is 0 Å². The van der Waals surface area contributed by atoms with E-state index in [4.69, 9.17) is 0 Å². The molecular formula is C18H32. The van der Waals surface area contributed by atoms with Crippen molar-refractivity contribution in [2.24, 2.45) is 17.3 Å². The Bertz CT molecular complexity index is 239. The fourth-order valence-electron chi connectivity index (χ4n) is 4.72. The van der Waals surface area contributed by atoms with Gasteiger partial charge in [-0.05, 0) is 55.8 Å². The van der Waals surface area contributed by atoms with E-state index in [2.05, 4.69) is 19.6 Å². The largest absolute Gasteiger partial charge is 0.103 e. The van der Waals surface area contributed by atoms with Crippen LogP contribution in [0, 0.1) is 17.3 Å². The molecule has 0 saturated heterocycles. The van der Waals surface area contributed by atoms with Crippen molar-refractivity contribution in [1.29, 1.82) is 0 Å². The molecule has 0 aromatic rings. The maximum atomic E-state index is 3.99. The molecule has 0 nitrogen and oxygen atoms in total. The second-order valence-corrected chi connectivity index (χ2v) is 6.98. The van der Waals surface area contributed by atoms with Gasteiger partial charge in [0.1, 0.15) is 0 Å². The van der Waals surface area contributed by atoms with Gasteiger partial charge < -0.3 is 0 Å². The number of rotatable bonds is 5. The predicted octanol–water partition coefficient (Wildman–Crippen LogP) is 6.12. The van der Waals surface area contributed by atoms with E-state index in [0.717, 1.165) is 11.8 Å². The van der Waals surface area contributed by atoms with Crippen LogP contribution in [0.15, 0.2) is 12.7 Å². The Morgan fingerprint density at radius 1 is 1.00 bits per heavy atom. The van der Waals surface area contributed by atoms with Gasteiger partial charge in [0.25, 0.3) is 0 Å². The number of allylic oxidation sites excluding steroid dienone is 1. The Hall–Kier alpha value is -0.260. The summed E-state index contributed by atoms with van der Waals surface area (Å²) in [4.78, 5) is 0. The van der Waals surface area contributed by atoms with Crippen LogP contribution in [0.5, 0.6) is 0 Å². The van der Waals surface area contributed by atoms with Gasteiger partial charge in [-0.1, -0.05) is 51.5 Å². The zero-order valence-electron chi connectivity index (χ0n) is 12.4. The van der Waals surface area contributed by atoms with Gasteiger partial charge in [0.05, 0.1) is 0 Å². The van der Waals surface area contributed by atoms with Crippen molar-refractivity contribution in [2.45, 2.75) is 84.0 Å². The molecule has 0 amide bonds. The highest BCUT2D eigenvalue weighted by atomic mass is 14.4. The Labute approximate surface area is 114 Å². The van der Waals surface area contributed by atoms with E-state index in [0.29, 0.717) is 5.41 Å². The first-order valence-electron chi connectivity index (χ1n) is 8.40. The molecule has 2 aliphatic rings. The van der Waals surface area contributed by atoms with Gasteiger partial charge in [-0.25, -0.2) is 0 Å². The van der Waals surface area contributed by atoms with Crippen LogP contribution < -0.4 is 0 Å². The summed E-state index contributed by atoms with van der Waals surface area (Å²) in [5.41, 5.74) is 0.641. The van der Waals surface area contributed by atoms with Gasteiger partial charge in [-0.3, -0.25) is 0 Å². The van der Waals surface area contributed by atoms with Gasteiger partial charge in [0.2, 0.25) is 0 Å². The highest BCUT2D eigenvalue weighted by molar-refractivity contribution is 4.92. The van der Waals surface area contributed by atoms with E-state index in [1.165, 1.54) is 77.0 Å². The van der Waals surface area contributed by atoms with Crippen LogP contribution in [0.1, 0.15) is 84.0 Å². The lowest BCUT2D eigenvalue weighted by molar-refractivity contribution is 0.0948. The molecule has 2 aliphatic carbocycles. The number of hydrogen-bond acceptors (Lipinski definition) is 0. The minimum Gasteiger partial charge on any atom is -0.103 e. The van der Waals surface area contributed by atoms with Crippen LogP contribution in [0.25, 0.3) is 0 Å².